The van der Waals surface area contributed by atoms with E-state index in [1.807, 2.05) is 24.3 Å². The standard InChI is InChI=1S/C14H14BrClO3/c1-18-12-6-3-10(4-7-12)13(16)8-5-11(9-15)14(17)19-2/h3-8H,9H2,1-2H3/b11-5+,13-8-. The molecule has 0 saturated heterocycles. The van der Waals surface area contributed by atoms with E-state index in [-0.39, 0.29) is 5.97 Å². The molecule has 0 N–H and O–H groups in total. The number of hydrogen-bond acceptors (Lipinski definition) is 3. The quantitative estimate of drug-likeness (QED) is 0.353. The van der Waals surface area contributed by atoms with E-state index in [1.54, 1.807) is 19.3 Å². The molecule has 0 aliphatic rings. The van der Waals surface area contributed by atoms with Crippen LogP contribution in [-0.4, -0.2) is 25.5 Å². The van der Waals surface area contributed by atoms with Gasteiger partial charge in [-0.2, -0.15) is 0 Å². The fourth-order valence-corrected chi connectivity index (χ4v) is 1.92. The molecule has 5 heteroatoms. The van der Waals surface area contributed by atoms with E-state index in [9.17, 15) is 4.79 Å². The van der Waals surface area contributed by atoms with Gasteiger partial charge in [0.15, 0.2) is 0 Å². The van der Waals surface area contributed by atoms with Gasteiger partial charge in [0.25, 0.3) is 0 Å². The zero-order valence-electron chi connectivity index (χ0n) is 10.7. The molecule has 0 aliphatic heterocycles. The Bertz CT molecular complexity index is 492. The second-order valence-electron chi connectivity index (χ2n) is 3.56. The van der Waals surface area contributed by atoms with Crippen molar-refractivity contribution in [3.63, 3.8) is 0 Å². The summed E-state index contributed by atoms with van der Waals surface area (Å²) in [6.07, 6.45) is 3.30. The lowest BCUT2D eigenvalue weighted by atomic mass is 10.2. The van der Waals surface area contributed by atoms with Crippen molar-refractivity contribution >= 4 is 38.5 Å². The smallest absolute Gasteiger partial charge is 0.334 e. The van der Waals surface area contributed by atoms with Crippen LogP contribution in [0.4, 0.5) is 0 Å². The summed E-state index contributed by atoms with van der Waals surface area (Å²) in [5.74, 6) is 0.381. The first-order chi connectivity index (χ1) is 9.12. The Hall–Kier alpha value is -1.26. The minimum absolute atomic E-state index is 0.382. The van der Waals surface area contributed by atoms with Crippen LogP contribution in [0.2, 0.25) is 0 Å². The number of benzene rings is 1. The van der Waals surface area contributed by atoms with Crippen LogP contribution in [0.3, 0.4) is 0 Å². The second-order valence-corrected chi connectivity index (χ2v) is 4.53. The van der Waals surface area contributed by atoms with Crippen LogP contribution in [0.15, 0.2) is 42.0 Å². The number of hydrogen-bond donors (Lipinski definition) is 0. The van der Waals surface area contributed by atoms with Gasteiger partial charge in [0.05, 0.1) is 14.2 Å². The number of alkyl halides is 1. The Morgan fingerprint density at radius 2 is 1.89 bits per heavy atom. The number of methoxy groups -OCH3 is 2. The fourth-order valence-electron chi connectivity index (χ4n) is 1.32. The van der Waals surface area contributed by atoms with E-state index in [1.165, 1.54) is 7.11 Å². The van der Waals surface area contributed by atoms with Crippen molar-refractivity contribution < 1.29 is 14.3 Å². The van der Waals surface area contributed by atoms with Crippen LogP contribution >= 0.6 is 27.5 Å². The molecular formula is C14H14BrClO3. The third-order valence-corrected chi connectivity index (χ3v) is 3.34. The van der Waals surface area contributed by atoms with Crippen LogP contribution in [0, 0.1) is 0 Å². The van der Waals surface area contributed by atoms with Crippen molar-refractivity contribution in [2.24, 2.45) is 0 Å². The third kappa shape index (κ3) is 4.73. The summed E-state index contributed by atoms with van der Waals surface area (Å²) in [7, 11) is 2.95. The van der Waals surface area contributed by atoms with Crippen LogP contribution < -0.4 is 4.74 Å². The fraction of sp³-hybridized carbons (Fsp3) is 0.214. The summed E-state index contributed by atoms with van der Waals surface area (Å²) >= 11 is 9.38. The minimum atomic E-state index is -0.382. The number of esters is 1. The predicted molar refractivity (Wildman–Crippen MR) is 80.7 cm³/mol. The molecule has 0 saturated carbocycles. The van der Waals surface area contributed by atoms with E-state index in [4.69, 9.17) is 16.3 Å². The first-order valence-corrected chi connectivity index (χ1v) is 6.97. The maximum Gasteiger partial charge on any atom is 0.334 e. The second kappa shape index (κ2) is 8.02. The monoisotopic (exact) mass is 344 g/mol. The average molecular weight is 346 g/mol. The van der Waals surface area contributed by atoms with Crippen molar-refractivity contribution in [1.29, 1.82) is 0 Å². The SMILES string of the molecule is COC(=O)/C(=C/C=C(\Cl)c1ccc(OC)cc1)CBr. The summed E-state index contributed by atoms with van der Waals surface area (Å²) in [6, 6.07) is 7.33. The van der Waals surface area contributed by atoms with Gasteiger partial charge in [-0.05, 0) is 42.0 Å². The van der Waals surface area contributed by atoms with E-state index < -0.39 is 0 Å². The molecule has 0 amide bonds. The lowest BCUT2D eigenvalue weighted by Gasteiger charge is -2.02. The molecule has 0 atom stereocenters. The van der Waals surface area contributed by atoms with Gasteiger partial charge in [-0.25, -0.2) is 4.79 Å². The average Bonchev–Trinajstić information content (AvgIpc) is 2.47. The molecule has 0 bridgehead atoms. The number of rotatable bonds is 5. The Morgan fingerprint density at radius 3 is 2.37 bits per heavy atom. The van der Waals surface area contributed by atoms with E-state index >= 15 is 0 Å². The van der Waals surface area contributed by atoms with Crippen LogP contribution in [0.25, 0.3) is 5.03 Å². The Balaban J connectivity index is 2.91. The molecule has 0 unspecified atom stereocenters. The van der Waals surface area contributed by atoms with Crippen LogP contribution in [0.1, 0.15) is 5.56 Å². The van der Waals surface area contributed by atoms with Gasteiger partial charge in [0.1, 0.15) is 5.75 Å². The molecule has 0 fully saturated rings. The van der Waals surface area contributed by atoms with E-state index in [2.05, 4.69) is 20.7 Å². The molecule has 0 spiro atoms. The van der Waals surface area contributed by atoms with Crippen molar-refractivity contribution in [3.8, 4) is 5.75 Å². The van der Waals surface area contributed by atoms with Gasteiger partial charge in [0.2, 0.25) is 0 Å². The Kier molecular flexibility index (Phi) is 6.67. The maximum absolute atomic E-state index is 11.4. The summed E-state index contributed by atoms with van der Waals surface area (Å²) in [5, 5.41) is 0.938. The minimum Gasteiger partial charge on any atom is -0.497 e. The van der Waals surface area contributed by atoms with Gasteiger partial charge in [-0.15, -0.1) is 0 Å². The van der Waals surface area contributed by atoms with E-state index in [0.29, 0.717) is 15.9 Å². The number of carbonyl (C=O) groups is 1. The molecule has 19 heavy (non-hydrogen) atoms. The highest BCUT2D eigenvalue weighted by molar-refractivity contribution is 9.09. The number of ether oxygens (including phenoxy) is 2. The van der Waals surface area contributed by atoms with Crippen molar-refractivity contribution in [2.75, 3.05) is 19.5 Å². The van der Waals surface area contributed by atoms with Gasteiger partial charge >= 0.3 is 5.97 Å². The third-order valence-electron chi connectivity index (χ3n) is 2.39. The molecule has 0 aromatic heterocycles. The normalized spacial score (nSPS) is 12.2. The summed E-state index contributed by atoms with van der Waals surface area (Å²) in [5.41, 5.74) is 1.34. The highest BCUT2D eigenvalue weighted by Crippen LogP contribution is 2.22. The molecule has 3 nitrogen and oxygen atoms in total. The largest absolute Gasteiger partial charge is 0.497 e. The van der Waals surface area contributed by atoms with Crippen LogP contribution in [0.5, 0.6) is 5.75 Å². The molecular weight excluding hydrogens is 332 g/mol. The Morgan fingerprint density at radius 1 is 1.26 bits per heavy atom. The van der Waals surface area contributed by atoms with Crippen molar-refractivity contribution in [1.82, 2.24) is 0 Å². The predicted octanol–water partition coefficient (Wildman–Crippen LogP) is 3.77. The summed E-state index contributed by atoms with van der Waals surface area (Å²) in [4.78, 5) is 11.4. The highest BCUT2D eigenvalue weighted by Gasteiger charge is 2.06. The highest BCUT2D eigenvalue weighted by atomic mass is 79.9. The van der Waals surface area contributed by atoms with Gasteiger partial charge in [-0.3, -0.25) is 0 Å². The van der Waals surface area contributed by atoms with Gasteiger partial charge < -0.3 is 9.47 Å². The van der Waals surface area contributed by atoms with Crippen molar-refractivity contribution in [2.45, 2.75) is 0 Å². The topological polar surface area (TPSA) is 35.5 Å². The lowest BCUT2D eigenvalue weighted by molar-refractivity contribution is -0.135. The first kappa shape index (κ1) is 15.8. The zero-order chi connectivity index (χ0) is 14.3. The molecule has 0 radical (unpaired) electrons. The molecule has 1 aromatic carbocycles. The molecule has 1 aromatic rings. The first-order valence-electron chi connectivity index (χ1n) is 5.47. The summed E-state index contributed by atoms with van der Waals surface area (Å²) < 4.78 is 9.71. The Labute approximate surface area is 126 Å². The molecule has 0 heterocycles. The number of allylic oxidation sites excluding steroid dienone is 2. The zero-order valence-corrected chi connectivity index (χ0v) is 13.0. The maximum atomic E-state index is 11.4. The van der Waals surface area contributed by atoms with E-state index in [0.717, 1.165) is 11.3 Å². The molecule has 0 aliphatic carbocycles. The van der Waals surface area contributed by atoms with Gasteiger partial charge in [0, 0.05) is 15.9 Å². The van der Waals surface area contributed by atoms with Crippen LogP contribution in [-0.2, 0) is 9.53 Å². The summed E-state index contributed by atoms with van der Waals surface area (Å²) in [6.45, 7) is 0. The van der Waals surface area contributed by atoms with Gasteiger partial charge in [-0.1, -0.05) is 27.5 Å². The number of halogens is 2. The number of carbonyl (C=O) groups excluding carboxylic acids is 1. The van der Waals surface area contributed by atoms with Crippen molar-refractivity contribution in [3.05, 3.63) is 47.6 Å². The lowest BCUT2D eigenvalue weighted by Crippen LogP contribution is -2.05. The molecule has 102 valence electrons. The molecule has 1 rings (SSSR count).